The van der Waals surface area contributed by atoms with Crippen molar-refractivity contribution in [2.24, 2.45) is 0 Å². The third kappa shape index (κ3) is 6.95. The van der Waals surface area contributed by atoms with Gasteiger partial charge in [-0.3, -0.25) is 0 Å². The summed E-state index contributed by atoms with van der Waals surface area (Å²) in [6, 6.07) is 79.7. The Labute approximate surface area is 360 Å². The molecular weight excluding hydrogens is 757 g/mol. The first kappa shape index (κ1) is 36.6. The van der Waals surface area contributed by atoms with Crippen LogP contribution in [0.5, 0.6) is 0 Å². The van der Waals surface area contributed by atoms with E-state index in [0.29, 0.717) is 11.6 Å². The van der Waals surface area contributed by atoms with Crippen LogP contribution in [0, 0.1) is 0 Å². The molecule has 1 aliphatic rings. The molecule has 0 radical (unpaired) electrons. The number of aromatic nitrogens is 4. The first-order valence-corrected chi connectivity index (χ1v) is 20.7. The Hall–Kier alpha value is -8.48. The molecule has 0 spiro atoms. The van der Waals surface area contributed by atoms with E-state index in [-0.39, 0.29) is 0 Å². The summed E-state index contributed by atoms with van der Waals surface area (Å²) < 4.78 is 0. The Bertz CT molecular complexity index is 2780. The van der Waals surface area contributed by atoms with E-state index >= 15 is 0 Å². The average Bonchev–Trinajstić information content (AvgIpc) is 3.36. The summed E-state index contributed by atoms with van der Waals surface area (Å²) in [6.07, 6.45) is 0. The zero-order valence-corrected chi connectivity index (χ0v) is 33.6. The van der Waals surface area contributed by atoms with E-state index in [2.05, 4.69) is 168 Å². The van der Waals surface area contributed by atoms with Crippen molar-refractivity contribution < 1.29 is 0 Å². The topological polar surface area (TPSA) is 58.0 Å². The second-order valence-electron chi connectivity index (χ2n) is 15.1. The number of benzene rings is 8. The van der Waals surface area contributed by atoms with E-state index in [4.69, 9.17) is 19.9 Å². The molecule has 0 N–H and O–H groups in total. The SMILES string of the molecule is c1ccc(-c2cc(-c3ccccc3)nc(-c3ccc(N4c5ccccc5N(c5ccc(-c6nc(-c7ccccc7)cc(-c7ccccc7)n6)cc5)c5ccccc54)cc3)n2)cc1. The molecule has 6 nitrogen and oxygen atoms in total. The van der Waals surface area contributed by atoms with E-state index in [9.17, 15) is 0 Å². The van der Waals surface area contributed by atoms with Gasteiger partial charge < -0.3 is 9.80 Å². The van der Waals surface area contributed by atoms with Crippen LogP contribution in [0.15, 0.2) is 231 Å². The highest BCUT2D eigenvalue weighted by Crippen LogP contribution is 2.54. The fraction of sp³-hybridized carbons (Fsp3) is 0. The second kappa shape index (κ2) is 15.9. The minimum absolute atomic E-state index is 0.680. The quantitative estimate of drug-likeness (QED) is 0.153. The van der Waals surface area contributed by atoms with Gasteiger partial charge in [-0.05, 0) is 84.9 Å². The molecule has 0 saturated heterocycles. The van der Waals surface area contributed by atoms with Crippen LogP contribution in [0.1, 0.15) is 0 Å². The predicted molar refractivity (Wildman–Crippen MR) is 253 cm³/mol. The predicted octanol–water partition coefficient (Wildman–Crippen LogP) is 14.5. The Morgan fingerprint density at radius 3 is 0.726 bits per heavy atom. The first-order valence-electron chi connectivity index (χ1n) is 20.7. The summed E-state index contributed by atoms with van der Waals surface area (Å²) in [4.78, 5) is 25.0. The average molecular weight is 795 g/mol. The Balaban J connectivity index is 0.951. The van der Waals surface area contributed by atoms with Crippen molar-refractivity contribution in [2.75, 3.05) is 9.80 Å². The highest BCUT2D eigenvalue weighted by molar-refractivity contribution is 6.01. The summed E-state index contributed by atoms with van der Waals surface area (Å²) in [5.41, 5.74) is 16.0. The molecule has 10 aromatic rings. The van der Waals surface area contributed by atoms with Crippen LogP contribution in [-0.4, -0.2) is 19.9 Å². The van der Waals surface area contributed by atoms with E-state index in [1.54, 1.807) is 0 Å². The van der Waals surface area contributed by atoms with Crippen molar-refractivity contribution in [3.8, 4) is 67.8 Å². The number of rotatable bonds is 8. The standard InChI is InChI=1S/C56H38N6/c1-5-17-39(18-6-1)47-37-48(40-19-7-2-8-20-40)58-55(57-47)43-29-33-45(34-30-43)61-51-25-13-15-27-53(51)62(54-28-16-14-26-52(54)61)46-35-31-44(32-36-46)56-59-49(41-21-9-3-10-22-41)38-50(60-56)42-23-11-4-12-24-42/h1-38H. The van der Waals surface area contributed by atoms with Crippen molar-refractivity contribution in [3.05, 3.63) is 231 Å². The monoisotopic (exact) mass is 794 g/mol. The van der Waals surface area contributed by atoms with Gasteiger partial charge in [-0.2, -0.15) is 0 Å². The van der Waals surface area contributed by atoms with Gasteiger partial charge in [0.1, 0.15) is 0 Å². The van der Waals surface area contributed by atoms with Crippen molar-refractivity contribution in [2.45, 2.75) is 0 Å². The molecule has 0 saturated carbocycles. The molecule has 292 valence electrons. The van der Waals surface area contributed by atoms with Gasteiger partial charge in [0.15, 0.2) is 11.6 Å². The molecule has 6 heteroatoms. The van der Waals surface area contributed by atoms with E-state index in [1.165, 1.54) is 0 Å². The van der Waals surface area contributed by atoms with Gasteiger partial charge >= 0.3 is 0 Å². The summed E-state index contributed by atoms with van der Waals surface area (Å²) in [6.45, 7) is 0. The first-order chi connectivity index (χ1) is 30.7. The highest BCUT2D eigenvalue weighted by Gasteiger charge is 2.30. The van der Waals surface area contributed by atoms with Gasteiger partial charge in [0.2, 0.25) is 0 Å². The number of para-hydroxylation sites is 4. The molecule has 1 aliphatic heterocycles. The van der Waals surface area contributed by atoms with Crippen LogP contribution in [-0.2, 0) is 0 Å². The maximum absolute atomic E-state index is 5.08. The molecule has 62 heavy (non-hydrogen) atoms. The largest absolute Gasteiger partial charge is 0.306 e. The van der Waals surface area contributed by atoms with Crippen LogP contribution >= 0.6 is 0 Å². The summed E-state index contributed by atoms with van der Waals surface area (Å²) in [7, 11) is 0. The van der Waals surface area contributed by atoms with Gasteiger partial charge in [0.05, 0.1) is 45.5 Å². The fourth-order valence-corrected chi connectivity index (χ4v) is 8.20. The molecule has 0 atom stereocenters. The molecular formula is C56H38N6. The molecule has 11 rings (SSSR count). The van der Waals surface area contributed by atoms with Crippen molar-refractivity contribution in [3.63, 3.8) is 0 Å². The molecule has 0 unspecified atom stereocenters. The molecule has 8 aromatic carbocycles. The molecule has 3 heterocycles. The number of nitrogens with zero attached hydrogens (tertiary/aromatic N) is 6. The van der Waals surface area contributed by atoms with Crippen LogP contribution in [0.3, 0.4) is 0 Å². The van der Waals surface area contributed by atoms with Crippen molar-refractivity contribution >= 4 is 34.1 Å². The minimum atomic E-state index is 0.680. The number of fused-ring (bicyclic) bond motifs is 2. The number of hydrogen-bond acceptors (Lipinski definition) is 6. The van der Waals surface area contributed by atoms with Gasteiger partial charge in [-0.25, -0.2) is 19.9 Å². The van der Waals surface area contributed by atoms with Crippen LogP contribution in [0.25, 0.3) is 67.8 Å². The zero-order chi connectivity index (χ0) is 41.2. The van der Waals surface area contributed by atoms with Gasteiger partial charge in [-0.15, -0.1) is 0 Å². The fourth-order valence-electron chi connectivity index (χ4n) is 8.20. The lowest BCUT2D eigenvalue weighted by Crippen LogP contribution is -2.23. The Kier molecular flexibility index (Phi) is 9.41. The molecule has 2 aromatic heterocycles. The maximum atomic E-state index is 5.08. The molecule has 0 aliphatic carbocycles. The molecule has 0 bridgehead atoms. The number of hydrogen-bond donors (Lipinski definition) is 0. The van der Waals surface area contributed by atoms with Crippen LogP contribution in [0.2, 0.25) is 0 Å². The Morgan fingerprint density at radius 2 is 0.468 bits per heavy atom. The molecule has 0 fully saturated rings. The summed E-state index contributed by atoms with van der Waals surface area (Å²) in [5.74, 6) is 1.36. The lowest BCUT2D eigenvalue weighted by Gasteiger charge is -2.40. The van der Waals surface area contributed by atoms with E-state index < -0.39 is 0 Å². The maximum Gasteiger partial charge on any atom is 0.160 e. The summed E-state index contributed by atoms with van der Waals surface area (Å²) >= 11 is 0. The zero-order valence-electron chi connectivity index (χ0n) is 33.6. The van der Waals surface area contributed by atoms with Crippen LogP contribution in [0.4, 0.5) is 34.1 Å². The third-order valence-corrected chi connectivity index (χ3v) is 11.2. The van der Waals surface area contributed by atoms with Crippen LogP contribution < -0.4 is 9.80 Å². The smallest absolute Gasteiger partial charge is 0.160 e. The third-order valence-electron chi connectivity index (χ3n) is 11.2. The lowest BCUT2D eigenvalue weighted by atomic mass is 10.0. The second-order valence-corrected chi connectivity index (χ2v) is 15.1. The molecule has 0 amide bonds. The lowest BCUT2D eigenvalue weighted by molar-refractivity contribution is 1.16. The van der Waals surface area contributed by atoms with Gasteiger partial charge in [0.25, 0.3) is 0 Å². The normalized spacial score (nSPS) is 11.8. The minimum Gasteiger partial charge on any atom is -0.306 e. The van der Waals surface area contributed by atoms with E-state index in [0.717, 1.165) is 90.3 Å². The van der Waals surface area contributed by atoms with Crippen molar-refractivity contribution in [1.29, 1.82) is 0 Å². The summed E-state index contributed by atoms with van der Waals surface area (Å²) in [5, 5.41) is 0. The van der Waals surface area contributed by atoms with E-state index in [1.807, 2.05) is 72.8 Å². The Morgan fingerprint density at radius 1 is 0.226 bits per heavy atom. The highest BCUT2D eigenvalue weighted by atomic mass is 15.3. The van der Waals surface area contributed by atoms with Gasteiger partial charge in [-0.1, -0.05) is 146 Å². The van der Waals surface area contributed by atoms with Gasteiger partial charge in [0, 0.05) is 44.8 Å². The van der Waals surface area contributed by atoms with Crippen molar-refractivity contribution in [1.82, 2.24) is 19.9 Å². The number of anilines is 6.